The number of aliphatic hydroxyl groups excluding tert-OH is 1. The Labute approximate surface area is 84.5 Å². The summed E-state index contributed by atoms with van der Waals surface area (Å²) >= 11 is 0. The lowest BCUT2D eigenvalue weighted by molar-refractivity contribution is -0.137. The van der Waals surface area contributed by atoms with E-state index in [1.807, 2.05) is 0 Å². The van der Waals surface area contributed by atoms with Gasteiger partial charge >= 0.3 is 5.97 Å². The van der Waals surface area contributed by atoms with E-state index in [1.165, 1.54) is 0 Å². The topological polar surface area (TPSA) is 60.8 Å². The number of unbranched alkanes of at least 4 members (excludes halogenated alkanes) is 1. The summed E-state index contributed by atoms with van der Waals surface area (Å²) in [6.07, 6.45) is 4.16. The molecule has 4 heteroatoms. The summed E-state index contributed by atoms with van der Waals surface area (Å²) in [5, 5.41) is 17.5. The van der Waals surface area contributed by atoms with Crippen LogP contribution in [0.25, 0.3) is 0 Å². The van der Waals surface area contributed by atoms with Crippen LogP contribution in [-0.4, -0.2) is 46.8 Å². The van der Waals surface area contributed by atoms with E-state index in [0.29, 0.717) is 6.04 Å². The molecule has 0 aliphatic carbocycles. The third-order valence-electron chi connectivity index (χ3n) is 2.80. The van der Waals surface area contributed by atoms with Crippen LogP contribution in [0.5, 0.6) is 0 Å². The molecule has 4 nitrogen and oxygen atoms in total. The Morgan fingerprint density at radius 2 is 2.21 bits per heavy atom. The summed E-state index contributed by atoms with van der Waals surface area (Å²) in [7, 11) is 0. The zero-order chi connectivity index (χ0) is 10.4. The number of likely N-dealkylation sites (tertiary alicyclic amines) is 1. The quantitative estimate of drug-likeness (QED) is 0.621. The van der Waals surface area contributed by atoms with Gasteiger partial charge in [-0.05, 0) is 38.8 Å². The van der Waals surface area contributed by atoms with Crippen molar-refractivity contribution in [2.75, 3.05) is 19.7 Å². The molecule has 0 spiro atoms. The minimum absolute atomic E-state index is 0.235. The van der Waals surface area contributed by atoms with Gasteiger partial charge in [-0.15, -0.1) is 0 Å². The average Bonchev–Trinajstić information content (AvgIpc) is 2.59. The van der Waals surface area contributed by atoms with Crippen molar-refractivity contribution >= 4 is 5.97 Å². The maximum absolute atomic E-state index is 10.3. The second kappa shape index (κ2) is 5.98. The molecule has 1 unspecified atom stereocenters. The molecular weight excluding hydrogens is 182 g/mol. The Balaban J connectivity index is 2.08. The molecule has 0 aromatic carbocycles. The lowest BCUT2D eigenvalue weighted by Crippen LogP contribution is -2.32. The Morgan fingerprint density at radius 3 is 2.86 bits per heavy atom. The smallest absolute Gasteiger partial charge is 0.303 e. The second-order valence-electron chi connectivity index (χ2n) is 3.87. The molecule has 0 aromatic rings. The van der Waals surface area contributed by atoms with Crippen LogP contribution in [-0.2, 0) is 4.79 Å². The maximum Gasteiger partial charge on any atom is 0.303 e. The molecular formula is C10H19NO3. The van der Waals surface area contributed by atoms with Crippen molar-refractivity contribution in [1.29, 1.82) is 0 Å². The molecule has 1 heterocycles. The summed E-state index contributed by atoms with van der Waals surface area (Å²) in [6.45, 7) is 2.22. The van der Waals surface area contributed by atoms with Gasteiger partial charge < -0.3 is 10.2 Å². The fraction of sp³-hybridized carbons (Fsp3) is 0.900. The van der Waals surface area contributed by atoms with Crippen molar-refractivity contribution in [2.24, 2.45) is 0 Å². The molecule has 14 heavy (non-hydrogen) atoms. The van der Waals surface area contributed by atoms with Crippen molar-refractivity contribution in [3.63, 3.8) is 0 Å². The fourth-order valence-corrected chi connectivity index (χ4v) is 1.99. The van der Waals surface area contributed by atoms with Crippen molar-refractivity contribution in [2.45, 2.75) is 38.1 Å². The third kappa shape index (κ3) is 3.64. The molecule has 1 saturated heterocycles. The predicted octanol–water partition coefficient (Wildman–Crippen LogP) is 0.698. The van der Waals surface area contributed by atoms with Gasteiger partial charge in [-0.1, -0.05) is 0 Å². The van der Waals surface area contributed by atoms with E-state index in [9.17, 15) is 4.79 Å². The first-order valence-electron chi connectivity index (χ1n) is 5.30. The van der Waals surface area contributed by atoms with Crippen LogP contribution in [0.3, 0.4) is 0 Å². The maximum atomic E-state index is 10.3. The van der Waals surface area contributed by atoms with Crippen LogP contribution in [0.4, 0.5) is 0 Å². The number of carbonyl (C=O) groups is 1. The standard InChI is InChI=1S/C10H19NO3/c12-8-9-4-3-7-11(9)6-2-1-5-10(13)14/h9,12H,1-8H2,(H,13,14). The van der Waals surface area contributed by atoms with Crippen molar-refractivity contribution < 1.29 is 15.0 Å². The van der Waals surface area contributed by atoms with Gasteiger partial charge in [-0.25, -0.2) is 0 Å². The molecule has 0 saturated carbocycles. The third-order valence-corrected chi connectivity index (χ3v) is 2.80. The van der Waals surface area contributed by atoms with Gasteiger partial charge in [0.2, 0.25) is 0 Å². The van der Waals surface area contributed by atoms with Gasteiger partial charge in [0.15, 0.2) is 0 Å². The molecule has 1 aliphatic rings. The fourth-order valence-electron chi connectivity index (χ4n) is 1.99. The van der Waals surface area contributed by atoms with Gasteiger partial charge in [0.05, 0.1) is 6.61 Å². The molecule has 82 valence electrons. The van der Waals surface area contributed by atoms with Gasteiger partial charge in [0, 0.05) is 12.5 Å². The zero-order valence-electron chi connectivity index (χ0n) is 8.48. The van der Waals surface area contributed by atoms with Crippen molar-refractivity contribution in [3.05, 3.63) is 0 Å². The summed E-state index contributed by atoms with van der Waals surface area (Å²) in [4.78, 5) is 12.5. The van der Waals surface area contributed by atoms with Crippen LogP contribution in [0.2, 0.25) is 0 Å². The number of carboxylic acid groups (broad SMARTS) is 1. The van der Waals surface area contributed by atoms with Gasteiger partial charge in [0.25, 0.3) is 0 Å². The second-order valence-corrected chi connectivity index (χ2v) is 3.87. The van der Waals surface area contributed by atoms with Crippen molar-refractivity contribution in [3.8, 4) is 0 Å². The Morgan fingerprint density at radius 1 is 1.43 bits per heavy atom. The van der Waals surface area contributed by atoms with Crippen LogP contribution in [0.15, 0.2) is 0 Å². The number of aliphatic hydroxyl groups is 1. The lowest BCUT2D eigenvalue weighted by Gasteiger charge is -2.22. The van der Waals surface area contributed by atoms with Gasteiger partial charge in [-0.3, -0.25) is 9.69 Å². The lowest BCUT2D eigenvalue weighted by atomic mass is 10.2. The predicted molar refractivity (Wildman–Crippen MR) is 53.2 cm³/mol. The van der Waals surface area contributed by atoms with Crippen LogP contribution in [0, 0.1) is 0 Å². The molecule has 0 amide bonds. The molecule has 2 N–H and O–H groups in total. The van der Waals surface area contributed by atoms with E-state index in [0.717, 1.165) is 38.8 Å². The molecule has 1 fully saturated rings. The van der Waals surface area contributed by atoms with E-state index in [2.05, 4.69) is 4.90 Å². The van der Waals surface area contributed by atoms with E-state index in [-0.39, 0.29) is 13.0 Å². The Kier molecular flexibility index (Phi) is 4.90. The number of hydrogen-bond donors (Lipinski definition) is 2. The summed E-state index contributed by atoms with van der Waals surface area (Å²) in [6, 6.07) is 0.319. The van der Waals surface area contributed by atoms with E-state index < -0.39 is 5.97 Å². The highest BCUT2D eigenvalue weighted by molar-refractivity contribution is 5.66. The van der Waals surface area contributed by atoms with E-state index in [1.54, 1.807) is 0 Å². The largest absolute Gasteiger partial charge is 0.481 e. The van der Waals surface area contributed by atoms with E-state index >= 15 is 0 Å². The van der Waals surface area contributed by atoms with Gasteiger partial charge in [0.1, 0.15) is 0 Å². The molecule has 0 radical (unpaired) electrons. The first-order valence-corrected chi connectivity index (χ1v) is 5.30. The first kappa shape index (κ1) is 11.5. The highest BCUT2D eigenvalue weighted by Gasteiger charge is 2.22. The zero-order valence-corrected chi connectivity index (χ0v) is 8.48. The molecule has 1 aliphatic heterocycles. The van der Waals surface area contributed by atoms with Crippen LogP contribution < -0.4 is 0 Å². The number of rotatable bonds is 6. The minimum Gasteiger partial charge on any atom is -0.481 e. The van der Waals surface area contributed by atoms with Gasteiger partial charge in [-0.2, -0.15) is 0 Å². The summed E-state index contributed by atoms with van der Waals surface area (Å²) in [5.41, 5.74) is 0. The average molecular weight is 201 g/mol. The highest BCUT2D eigenvalue weighted by atomic mass is 16.4. The van der Waals surface area contributed by atoms with Crippen LogP contribution >= 0.6 is 0 Å². The summed E-state index contributed by atoms with van der Waals surface area (Å²) in [5.74, 6) is -0.717. The Bertz CT molecular complexity index is 184. The monoisotopic (exact) mass is 201 g/mol. The first-order chi connectivity index (χ1) is 6.74. The number of hydrogen-bond acceptors (Lipinski definition) is 3. The highest BCUT2D eigenvalue weighted by Crippen LogP contribution is 2.17. The van der Waals surface area contributed by atoms with E-state index in [4.69, 9.17) is 10.2 Å². The SMILES string of the molecule is O=C(O)CCCCN1CCCC1CO. The minimum atomic E-state index is -0.717. The molecule has 0 aromatic heterocycles. The normalized spacial score (nSPS) is 22.8. The van der Waals surface area contributed by atoms with Crippen molar-refractivity contribution in [1.82, 2.24) is 4.90 Å². The number of aliphatic carboxylic acids is 1. The molecule has 1 atom stereocenters. The van der Waals surface area contributed by atoms with Crippen LogP contribution in [0.1, 0.15) is 32.1 Å². The number of carboxylic acids is 1. The summed E-state index contributed by atoms with van der Waals surface area (Å²) < 4.78 is 0. The molecule has 1 rings (SSSR count). The molecule has 0 bridgehead atoms. The number of nitrogens with zero attached hydrogens (tertiary/aromatic N) is 1. The Hall–Kier alpha value is -0.610.